The lowest BCUT2D eigenvalue weighted by molar-refractivity contribution is -0.137. The minimum absolute atomic E-state index is 0.329. The highest BCUT2D eigenvalue weighted by molar-refractivity contribution is 7.19. The Morgan fingerprint density at radius 3 is 2.57 bits per heavy atom. The predicted molar refractivity (Wildman–Crippen MR) is 91.4 cm³/mol. The molecule has 0 atom stereocenters. The Labute approximate surface area is 140 Å². The van der Waals surface area contributed by atoms with Crippen molar-refractivity contribution in [3.8, 4) is 11.1 Å². The first-order valence-electron chi connectivity index (χ1n) is 6.86. The molecule has 2 heterocycles. The van der Waals surface area contributed by atoms with Crippen LogP contribution in [-0.4, -0.2) is 20.6 Å². The number of halogens is 1. The molecule has 3 rings (SSSR count). The van der Waals surface area contributed by atoms with Gasteiger partial charge in [-0.25, -0.2) is 4.98 Å². The molecule has 0 amide bonds. The van der Waals surface area contributed by atoms with Crippen LogP contribution in [-0.2, 0) is 11.3 Å². The molecule has 0 aliphatic carbocycles. The maximum Gasteiger partial charge on any atom is 0.323 e. The summed E-state index contributed by atoms with van der Waals surface area (Å²) < 4.78 is 1.19. The van der Waals surface area contributed by atoms with Gasteiger partial charge >= 0.3 is 5.97 Å². The average Bonchev–Trinajstić information content (AvgIpc) is 2.80. The predicted octanol–water partition coefficient (Wildman–Crippen LogP) is 3.48. The van der Waals surface area contributed by atoms with Gasteiger partial charge in [0, 0.05) is 15.5 Å². The van der Waals surface area contributed by atoms with Gasteiger partial charge in [-0.2, -0.15) is 0 Å². The summed E-state index contributed by atoms with van der Waals surface area (Å²) in [6.07, 6.45) is 0. The number of hydrogen-bond acceptors (Lipinski definition) is 4. The quantitative estimate of drug-likeness (QED) is 0.786. The van der Waals surface area contributed by atoms with Crippen molar-refractivity contribution in [2.24, 2.45) is 0 Å². The van der Waals surface area contributed by atoms with Gasteiger partial charge in [0.15, 0.2) is 0 Å². The second kappa shape index (κ2) is 5.79. The van der Waals surface area contributed by atoms with E-state index in [4.69, 9.17) is 16.7 Å². The molecule has 0 fully saturated rings. The van der Waals surface area contributed by atoms with Gasteiger partial charge in [0.2, 0.25) is 0 Å². The van der Waals surface area contributed by atoms with Crippen molar-refractivity contribution < 1.29 is 9.90 Å². The van der Waals surface area contributed by atoms with E-state index in [-0.39, 0.29) is 5.56 Å². The molecular weight excluding hydrogens is 336 g/mol. The number of thiophene rings is 1. The summed E-state index contributed by atoms with van der Waals surface area (Å²) >= 11 is 7.35. The number of benzene rings is 1. The van der Waals surface area contributed by atoms with E-state index in [0.717, 1.165) is 16.0 Å². The maximum absolute atomic E-state index is 12.8. The standard InChI is InChI=1S/C16H13ClN2O3S/c1-8-13(10-3-5-11(17)6-4-10)14-15(23-8)18-9(2)19(16(14)22)7-12(20)21/h3-6H,7H2,1-2H3,(H,20,21). The molecule has 0 saturated heterocycles. The molecule has 7 heteroatoms. The molecule has 2 aromatic heterocycles. The van der Waals surface area contributed by atoms with E-state index in [2.05, 4.69) is 4.98 Å². The Kier molecular flexibility index (Phi) is 3.95. The monoisotopic (exact) mass is 348 g/mol. The summed E-state index contributed by atoms with van der Waals surface area (Å²) in [7, 11) is 0. The molecule has 0 unspecified atom stereocenters. The summed E-state index contributed by atoms with van der Waals surface area (Å²) in [6.45, 7) is 3.16. The Bertz CT molecular complexity index is 974. The van der Waals surface area contributed by atoms with E-state index in [1.807, 2.05) is 19.1 Å². The number of fused-ring (bicyclic) bond motifs is 1. The van der Waals surface area contributed by atoms with Crippen LogP contribution in [0, 0.1) is 13.8 Å². The van der Waals surface area contributed by atoms with Crippen molar-refractivity contribution in [2.45, 2.75) is 20.4 Å². The van der Waals surface area contributed by atoms with Gasteiger partial charge in [-0.15, -0.1) is 11.3 Å². The zero-order chi connectivity index (χ0) is 16.7. The van der Waals surface area contributed by atoms with Gasteiger partial charge in [-0.3, -0.25) is 14.2 Å². The first-order chi connectivity index (χ1) is 10.9. The number of hydrogen-bond donors (Lipinski definition) is 1. The van der Waals surface area contributed by atoms with Crippen LogP contribution in [0.5, 0.6) is 0 Å². The third-order valence-corrected chi connectivity index (χ3v) is 4.86. The largest absolute Gasteiger partial charge is 0.480 e. The lowest BCUT2D eigenvalue weighted by Gasteiger charge is -2.08. The number of rotatable bonds is 3. The molecule has 0 aliphatic heterocycles. The van der Waals surface area contributed by atoms with E-state index in [0.29, 0.717) is 21.1 Å². The molecule has 118 valence electrons. The minimum Gasteiger partial charge on any atom is -0.480 e. The van der Waals surface area contributed by atoms with Gasteiger partial charge in [0.05, 0.1) is 5.39 Å². The lowest BCUT2D eigenvalue weighted by Crippen LogP contribution is -2.27. The zero-order valence-corrected chi connectivity index (χ0v) is 14.0. The molecule has 0 aliphatic rings. The van der Waals surface area contributed by atoms with Gasteiger partial charge in [0.25, 0.3) is 5.56 Å². The first-order valence-corrected chi connectivity index (χ1v) is 8.06. The van der Waals surface area contributed by atoms with Crippen molar-refractivity contribution in [2.75, 3.05) is 0 Å². The third-order valence-electron chi connectivity index (χ3n) is 3.60. The van der Waals surface area contributed by atoms with Crippen LogP contribution in [0.25, 0.3) is 21.3 Å². The fourth-order valence-electron chi connectivity index (χ4n) is 2.58. The summed E-state index contributed by atoms with van der Waals surface area (Å²) in [5.74, 6) is -0.676. The van der Waals surface area contributed by atoms with Gasteiger partial charge in [-0.1, -0.05) is 23.7 Å². The highest BCUT2D eigenvalue weighted by Gasteiger charge is 2.19. The molecular formula is C16H13ClN2O3S. The zero-order valence-electron chi connectivity index (χ0n) is 12.5. The minimum atomic E-state index is -1.07. The van der Waals surface area contributed by atoms with Crippen LogP contribution in [0.1, 0.15) is 10.7 Å². The maximum atomic E-state index is 12.8. The second-order valence-corrected chi connectivity index (χ2v) is 6.80. The van der Waals surface area contributed by atoms with E-state index in [1.54, 1.807) is 19.1 Å². The molecule has 3 aromatic rings. The van der Waals surface area contributed by atoms with E-state index >= 15 is 0 Å². The Hall–Kier alpha value is -2.18. The smallest absolute Gasteiger partial charge is 0.323 e. The molecule has 0 bridgehead atoms. The number of aromatic nitrogens is 2. The molecule has 0 spiro atoms. The van der Waals surface area contributed by atoms with Crippen molar-refractivity contribution in [3.63, 3.8) is 0 Å². The third kappa shape index (κ3) is 2.75. The van der Waals surface area contributed by atoms with E-state index in [1.165, 1.54) is 15.9 Å². The normalized spacial score (nSPS) is 11.1. The van der Waals surface area contributed by atoms with E-state index < -0.39 is 12.5 Å². The van der Waals surface area contributed by atoms with Crippen LogP contribution in [0.4, 0.5) is 0 Å². The first kappa shape index (κ1) is 15.7. The average molecular weight is 349 g/mol. The van der Waals surface area contributed by atoms with Gasteiger partial charge in [0.1, 0.15) is 17.2 Å². The second-order valence-electron chi connectivity index (χ2n) is 5.16. The number of carboxylic acids is 1. The fraction of sp³-hybridized carbons (Fsp3) is 0.188. The van der Waals surface area contributed by atoms with Crippen LogP contribution in [0.3, 0.4) is 0 Å². The van der Waals surface area contributed by atoms with E-state index in [9.17, 15) is 9.59 Å². The Balaban J connectivity index is 2.34. The summed E-state index contributed by atoms with van der Waals surface area (Å²) in [5, 5.41) is 10.1. The Morgan fingerprint density at radius 1 is 1.30 bits per heavy atom. The topological polar surface area (TPSA) is 72.2 Å². The van der Waals surface area contributed by atoms with Crippen molar-refractivity contribution in [1.29, 1.82) is 0 Å². The number of nitrogens with zero attached hydrogens (tertiary/aromatic N) is 2. The SMILES string of the molecule is Cc1sc2nc(C)n(CC(=O)O)c(=O)c2c1-c1ccc(Cl)cc1. The van der Waals surface area contributed by atoms with Crippen molar-refractivity contribution in [1.82, 2.24) is 9.55 Å². The number of aliphatic carboxylic acids is 1. The van der Waals surface area contributed by atoms with Crippen LogP contribution in [0.15, 0.2) is 29.1 Å². The molecule has 1 aromatic carbocycles. The molecule has 23 heavy (non-hydrogen) atoms. The fourth-order valence-corrected chi connectivity index (χ4v) is 3.79. The van der Waals surface area contributed by atoms with Crippen LogP contribution >= 0.6 is 22.9 Å². The summed E-state index contributed by atoms with van der Waals surface area (Å²) in [6, 6.07) is 7.21. The summed E-state index contributed by atoms with van der Waals surface area (Å²) in [5.41, 5.74) is 1.32. The molecule has 1 N–H and O–H groups in total. The van der Waals surface area contributed by atoms with Crippen LogP contribution in [0.2, 0.25) is 5.02 Å². The number of carbonyl (C=O) groups is 1. The molecule has 5 nitrogen and oxygen atoms in total. The highest BCUT2D eigenvalue weighted by Crippen LogP contribution is 2.36. The highest BCUT2D eigenvalue weighted by atomic mass is 35.5. The van der Waals surface area contributed by atoms with Gasteiger partial charge in [-0.05, 0) is 31.5 Å². The molecule has 0 radical (unpaired) electrons. The Morgan fingerprint density at radius 2 is 1.96 bits per heavy atom. The van der Waals surface area contributed by atoms with Gasteiger partial charge < -0.3 is 5.11 Å². The van der Waals surface area contributed by atoms with Crippen LogP contribution < -0.4 is 5.56 Å². The van der Waals surface area contributed by atoms with Crippen molar-refractivity contribution >= 4 is 39.1 Å². The number of carboxylic acid groups (broad SMARTS) is 1. The summed E-state index contributed by atoms with van der Waals surface area (Å²) in [4.78, 5) is 29.8. The molecule has 0 saturated carbocycles. The van der Waals surface area contributed by atoms with Crippen molar-refractivity contribution in [3.05, 3.63) is 50.3 Å². The lowest BCUT2D eigenvalue weighted by atomic mass is 10.0. The number of aryl methyl sites for hydroxylation is 2.